The molecule has 0 aliphatic carbocycles. The summed E-state index contributed by atoms with van der Waals surface area (Å²) in [7, 11) is 0. The Labute approximate surface area is 141 Å². The third-order valence-corrected chi connectivity index (χ3v) is 4.12. The smallest absolute Gasteiger partial charge is 0.192 e. The molecular weight excluding hydrogens is 308 g/mol. The van der Waals surface area contributed by atoms with E-state index in [9.17, 15) is 4.79 Å². The fourth-order valence-electron chi connectivity index (χ4n) is 2.65. The Morgan fingerprint density at radius 3 is 2.26 bits per heavy atom. The first-order chi connectivity index (χ1) is 11.2. The van der Waals surface area contributed by atoms with Crippen molar-refractivity contribution < 1.29 is 4.79 Å². The molecule has 0 amide bonds. The highest BCUT2D eigenvalue weighted by Crippen LogP contribution is 2.19. The van der Waals surface area contributed by atoms with Crippen molar-refractivity contribution in [3.05, 3.63) is 82.1 Å². The Morgan fingerprint density at radius 1 is 0.957 bits per heavy atom. The van der Waals surface area contributed by atoms with E-state index in [-0.39, 0.29) is 5.78 Å². The lowest BCUT2D eigenvalue weighted by Gasteiger charge is -2.23. The molecule has 1 fully saturated rings. The first kappa shape index (κ1) is 15.6. The van der Waals surface area contributed by atoms with E-state index in [0.717, 1.165) is 36.5 Å². The minimum atomic E-state index is 0.0300. The van der Waals surface area contributed by atoms with Gasteiger partial charge in [0.2, 0.25) is 0 Å². The van der Waals surface area contributed by atoms with Crippen LogP contribution >= 0.6 is 11.6 Å². The highest BCUT2D eigenvalue weighted by molar-refractivity contribution is 6.30. The molecule has 118 valence electrons. The summed E-state index contributed by atoms with van der Waals surface area (Å²) in [5.74, 6) is 0.877. The van der Waals surface area contributed by atoms with Gasteiger partial charge in [-0.15, -0.1) is 0 Å². The molecule has 1 saturated heterocycles. The SMILES string of the molecule is O=C(C(Cc1ccccc1)=C1NCCCN1)c1ccc(Cl)cc1. The Hall–Kier alpha value is -2.26. The molecule has 23 heavy (non-hydrogen) atoms. The van der Waals surface area contributed by atoms with Crippen LogP contribution in [-0.2, 0) is 6.42 Å². The van der Waals surface area contributed by atoms with Gasteiger partial charge in [0.25, 0.3) is 0 Å². The molecular formula is C19H19ClN2O. The molecule has 1 aliphatic heterocycles. The lowest BCUT2D eigenvalue weighted by Crippen LogP contribution is -2.37. The zero-order chi connectivity index (χ0) is 16.1. The maximum atomic E-state index is 13.0. The van der Waals surface area contributed by atoms with E-state index in [1.54, 1.807) is 24.3 Å². The van der Waals surface area contributed by atoms with Gasteiger partial charge in [-0.3, -0.25) is 4.79 Å². The van der Waals surface area contributed by atoms with Gasteiger partial charge < -0.3 is 10.6 Å². The molecule has 0 spiro atoms. The lowest BCUT2D eigenvalue weighted by molar-refractivity contribution is 0.102. The number of hydrogen-bond donors (Lipinski definition) is 2. The highest BCUT2D eigenvalue weighted by Gasteiger charge is 2.19. The topological polar surface area (TPSA) is 41.1 Å². The van der Waals surface area contributed by atoms with Crippen LogP contribution in [0.5, 0.6) is 0 Å². The van der Waals surface area contributed by atoms with Gasteiger partial charge in [-0.1, -0.05) is 41.9 Å². The molecule has 4 heteroatoms. The van der Waals surface area contributed by atoms with Crippen molar-refractivity contribution in [2.24, 2.45) is 0 Å². The fraction of sp³-hybridized carbons (Fsp3) is 0.211. The van der Waals surface area contributed by atoms with E-state index < -0.39 is 0 Å². The predicted octanol–water partition coefficient (Wildman–Crippen LogP) is 3.56. The zero-order valence-corrected chi connectivity index (χ0v) is 13.6. The maximum Gasteiger partial charge on any atom is 0.192 e. The van der Waals surface area contributed by atoms with E-state index in [0.29, 0.717) is 17.0 Å². The Balaban J connectivity index is 1.94. The molecule has 0 unspecified atom stereocenters. The average Bonchev–Trinajstić information content (AvgIpc) is 2.61. The third kappa shape index (κ3) is 3.93. The summed E-state index contributed by atoms with van der Waals surface area (Å²) in [6.45, 7) is 1.77. The number of nitrogens with one attached hydrogen (secondary N) is 2. The van der Waals surface area contributed by atoms with Crippen molar-refractivity contribution in [2.45, 2.75) is 12.8 Å². The molecule has 2 aromatic rings. The summed E-state index contributed by atoms with van der Waals surface area (Å²) in [5, 5.41) is 7.28. The molecule has 0 radical (unpaired) electrons. The molecule has 1 aliphatic rings. The van der Waals surface area contributed by atoms with Crippen LogP contribution in [0.25, 0.3) is 0 Å². The first-order valence-corrected chi connectivity index (χ1v) is 8.17. The summed E-state index contributed by atoms with van der Waals surface area (Å²) in [6, 6.07) is 17.1. The standard InChI is InChI=1S/C19H19ClN2O/c20-16-9-7-15(8-10-16)18(23)17(19-21-11-4-12-22-19)13-14-5-2-1-3-6-14/h1-3,5-10,21-22H,4,11-13H2. The van der Waals surface area contributed by atoms with Crippen molar-refractivity contribution in [1.29, 1.82) is 0 Å². The van der Waals surface area contributed by atoms with Crippen LogP contribution in [-0.4, -0.2) is 18.9 Å². The lowest BCUT2D eigenvalue weighted by atomic mass is 9.96. The molecule has 3 rings (SSSR count). The van der Waals surface area contributed by atoms with Gasteiger partial charge in [-0.2, -0.15) is 0 Å². The number of allylic oxidation sites excluding steroid dienone is 1. The largest absolute Gasteiger partial charge is 0.371 e. The zero-order valence-electron chi connectivity index (χ0n) is 12.8. The van der Waals surface area contributed by atoms with Gasteiger partial charge in [0.1, 0.15) is 5.82 Å². The Bertz CT molecular complexity index is 700. The van der Waals surface area contributed by atoms with Crippen LogP contribution in [0.4, 0.5) is 0 Å². The Kier molecular flexibility index (Phi) is 4.99. The predicted molar refractivity (Wildman–Crippen MR) is 93.6 cm³/mol. The van der Waals surface area contributed by atoms with E-state index in [1.165, 1.54) is 0 Å². The maximum absolute atomic E-state index is 13.0. The number of halogens is 1. The fourth-order valence-corrected chi connectivity index (χ4v) is 2.77. The number of Topliss-reactive ketones (excluding diaryl/α,β-unsaturated/α-hetero) is 1. The summed E-state index contributed by atoms with van der Waals surface area (Å²) in [5.41, 5.74) is 2.53. The van der Waals surface area contributed by atoms with Gasteiger partial charge in [-0.25, -0.2) is 0 Å². The van der Waals surface area contributed by atoms with Crippen LogP contribution in [0.2, 0.25) is 5.02 Å². The number of carbonyl (C=O) groups is 1. The third-order valence-electron chi connectivity index (χ3n) is 3.86. The van der Waals surface area contributed by atoms with Crippen molar-refractivity contribution in [1.82, 2.24) is 10.6 Å². The van der Waals surface area contributed by atoms with Crippen LogP contribution < -0.4 is 10.6 Å². The number of rotatable bonds is 4. The van der Waals surface area contributed by atoms with Crippen molar-refractivity contribution >= 4 is 17.4 Å². The molecule has 2 N–H and O–H groups in total. The van der Waals surface area contributed by atoms with Gasteiger partial charge >= 0.3 is 0 Å². The van der Waals surface area contributed by atoms with Crippen molar-refractivity contribution in [3.8, 4) is 0 Å². The Morgan fingerprint density at radius 2 is 1.61 bits per heavy atom. The van der Waals surface area contributed by atoms with E-state index in [2.05, 4.69) is 10.6 Å². The molecule has 1 heterocycles. The molecule has 2 aromatic carbocycles. The van der Waals surface area contributed by atoms with Gasteiger partial charge in [0.15, 0.2) is 5.78 Å². The van der Waals surface area contributed by atoms with Crippen LogP contribution in [0.15, 0.2) is 66.0 Å². The first-order valence-electron chi connectivity index (χ1n) is 7.79. The van der Waals surface area contributed by atoms with E-state index in [1.807, 2.05) is 30.3 Å². The van der Waals surface area contributed by atoms with Crippen molar-refractivity contribution in [3.63, 3.8) is 0 Å². The highest BCUT2D eigenvalue weighted by atomic mass is 35.5. The van der Waals surface area contributed by atoms with Crippen LogP contribution in [0.3, 0.4) is 0 Å². The van der Waals surface area contributed by atoms with Gasteiger partial charge in [-0.05, 0) is 36.2 Å². The second-order valence-corrected chi connectivity index (χ2v) is 6.00. The van der Waals surface area contributed by atoms with Crippen LogP contribution in [0, 0.1) is 0 Å². The minimum absolute atomic E-state index is 0.0300. The quantitative estimate of drug-likeness (QED) is 0.667. The van der Waals surface area contributed by atoms with E-state index >= 15 is 0 Å². The normalized spacial score (nSPS) is 13.9. The molecule has 3 nitrogen and oxygen atoms in total. The summed E-state index contributed by atoms with van der Waals surface area (Å²) in [6.07, 6.45) is 1.65. The van der Waals surface area contributed by atoms with E-state index in [4.69, 9.17) is 11.6 Å². The molecule has 0 atom stereocenters. The minimum Gasteiger partial charge on any atom is -0.371 e. The average molecular weight is 327 g/mol. The second kappa shape index (κ2) is 7.34. The van der Waals surface area contributed by atoms with Crippen LogP contribution in [0.1, 0.15) is 22.3 Å². The number of hydrogen-bond acceptors (Lipinski definition) is 3. The van der Waals surface area contributed by atoms with Gasteiger partial charge in [0.05, 0.1) is 0 Å². The number of benzene rings is 2. The van der Waals surface area contributed by atoms with Gasteiger partial charge in [0, 0.05) is 35.7 Å². The molecule has 0 bridgehead atoms. The monoisotopic (exact) mass is 326 g/mol. The second-order valence-electron chi connectivity index (χ2n) is 5.56. The summed E-state index contributed by atoms with van der Waals surface area (Å²) >= 11 is 5.93. The number of carbonyl (C=O) groups excluding carboxylic acids is 1. The summed E-state index contributed by atoms with van der Waals surface area (Å²) in [4.78, 5) is 13.0. The molecule has 0 aromatic heterocycles. The number of ketones is 1. The summed E-state index contributed by atoms with van der Waals surface area (Å²) < 4.78 is 0. The van der Waals surface area contributed by atoms with Crippen molar-refractivity contribution in [2.75, 3.05) is 13.1 Å². The molecule has 0 saturated carbocycles.